The molecule has 0 radical (unpaired) electrons. The first-order chi connectivity index (χ1) is 9.44. The second kappa shape index (κ2) is 7.73. The molecule has 0 amide bonds. The Kier molecular flexibility index (Phi) is 6.61. The quantitative estimate of drug-likeness (QED) is 0.768. The van der Waals surface area contributed by atoms with Crippen molar-refractivity contribution >= 4 is 10.0 Å². The zero-order valence-corrected chi connectivity index (χ0v) is 13.0. The summed E-state index contributed by atoms with van der Waals surface area (Å²) in [5, 5.41) is 9.80. The average Bonchev–Trinajstić information content (AvgIpc) is 2.45. The molecule has 1 aromatic carbocycles. The minimum Gasteiger partial charge on any atom is -0.388 e. The Hall–Kier alpha value is -0.950. The van der Waals surface area contributed by atoms with Gasteiger partial charge in [-0.05, 0) is 30.5 Å². The smallest absolute Gasteiger partial charge is 0.240 e. The molecular formula is C14H23NO4S. The number of hydrogen-bond acceptors (Lipinski definition) is 4. The molecule has 0 saturated heterocycles. The van der Waals surface area contributed by atoms with Crippen molar-refractivity contribution in [1.82, 2.24) is 4.72 Å². The molecule has 0 aliphatic rings. The highest BCUT2D eigenvalue weighted by Gasteiger charge is 2.20. The van der Waals surface area contributed by atoms with Crippen LogP contribution in [-0.2, 0) is 14.8 Å². The van der Waals surface area contributed by atoms with Gasteiger partial charge in [0.25, 0.3) is 0 Å². The van der Waals surface area contributed by atoms with Crippen LogP contribution in [0, 0.1) is 0 Å². The summed E-state index contributed by atoms with van der Waals surface area (Å²) in [5.41, 5.74) is 0.607. The molecule has 1 aromatic rings. The molecule has 0 heterocycles. The van der Waals surface area contributed by atoms with E-state index < -0.39 is 16.1 Å². The van der Waals surface area contributed by atoms with Gasteiger partial charge in [-0.3, -0.25) is 0 Å². The number of nitrogens with one attached hydrogen (secondary N) is 1. The first kappa shape index (κ1) is 17.1. The zero-order chi connectivity index (χ0) is 15.2. The van der Waals surface area contributed by atoms with E-state index in [1.807, 2.05) is 13.8 Å². The van der Waals surface area contributed by atoms with Crippen LogP contribution in [0.3, 0.4) is 0 Å². The van der Waals surface area contributed by atoms with E-state index >= 15 is 0 Å². The minimum absolute atomic E-state index is 0.164. The van der Waals surface area contributed by atoms with Gasteiger partial charge in [-0.2, -0.15) is 0 Å². The van der Waals surface area contributed by atoms with Gasteiger partial charge in [0.05, 0.1) is 17.6 Å². The molecule has 0 aliphatic heterocycles. The van der Waals surface area contributed by atoms with Crippen molar-refractivity contribution in [2.24, 2.45) is 0 Å². The van der Waals surface area contributed by atoms with Crippen molar-refractivity contribution < 1.29 is 18.3 Å². The Morgan fingerprint density at radius 2 is 2.00 bits per heavy atom. The number of ether oxygens (including phenoxy) is 1. The Labute approximate surface area is 121 Å². The molecule has 0 saturated carbocycles. The number of aliphatic hydroxyl groups excluding tert-OH is 1. The monoisotopic (exact) mass is 301 g/mol. The largest absolute Gasteiger partial charge is 0.388 e. The number of methoxy groups -OCH3 is 1. The molecule has 6 heteroatoms. The molecule has 0 fully saturated rings. The lowest BCUT2D eigenvalue weighted by atomic mass is 10.1. The maximum atomic E-state index is 12.3. The second-order valence-corrected chi connectivity index (χ2v) is 6.39. The van der Waals surface area contributed by atoms with Crippen molar-refractivity contribution in [2.75, 3.05) is 13.7 Å². The second-order valence-electron chi connectivity index (χ2n) is 4.68. The molecule has 2 N–H and O–H groups in total. The highest BCUT2D eigenvalue weighted by Crippen LogP contribution is 2.20. The summed E-state index contributed by atoms with van der Waals surface area (Å²) in [5.74, 6) is 0. The van der Waals surface area contributed by atoms with E-state index in [4.69, 9.17) is 4.74 Å². The Bertz CT molecular complexity index is 516. The van der Waals surface area contributed by atoms with Crippen molar-refractivity contribution in [1.29, 1.82) is 0 Å². The lowest BCUT2D eigenvalue weighted by Crippen LogP contribution is -2.37. The minimum atomic E-state index is -3.60. The third-order valence-corrected chi connectivity index (χ3v) is 4.64. The van der Waals surface area contributed by atoms with E-state index in [0.29, 0.717) is 25.0 Å². The van der Waals surface area contributed by atoms with E-state index in [1.54, 1.807) is 12.1 Å². The van der Waals surface area contributed by atoms with Gasteiger partial charge < -0.3 is 9.84 Å². The number of rotatable bonds is 8. The van der Waals surface area contributed by atoms with E-state index in [9.17, 15) is 13.5 Å². The van der Waals surface area contributed by atoms with Crippen molar-refractivity contribution in [3.8, 4) is 0 Å². The SMILES string of the molecule is CCC(COC)NS(=O)(=O)c1cccc(C(O)CC)c1. The average molecular weight is 301 g/mol. The molecule has 2 unspecified atom stereocenters. The maximum absolute atomic E-state index is 12.3. The fraction of sp³-hybridized carbons (Fsp3) is 0.571. The van der Waals surface area contributed by atoms with Crippen LogP contribution in [-0.4, -0.2) is 33.3 Å². The van der Waals surface area contributed by atoms with Crippen LogP contribution in [0.4, 0.5) is 0 Å². The summed E-state index contributed by atoms with van der Waals surface area (Å²) in [7, 11) is -2.06. The van der Waals surface area contributed by atoms with Crippen molar-refractivity contribution in [3.05, 3.63) is 29.8 Å². The molecule has 0 spiro atoms. The summed E-state index contributed by atoms with van der Waals surface area (Å²) in [6.45, 7) is 4.06. The first-order valence-corrected chi connectivity index (χ1v) is 8.22. The molecule has 0 bridgehead atoms. The molecule has 114 valence electrons. The van der Waals surface area contributed by atoms with Crippen molar-refractivity contribution in [2.45, 2.75) is 43.7 Å². The Morgan fingerprint density at radius 3 is 2.55 bits per heavy atom. The van der Waals surface area contributed by atoms with Gasteiger partial charge in [0.1, 0.15) is 0 Å². The van der Waals surface area contributed by atoms with Crippen LogP contribution in [0.5, 0.6) is 0 Å². The third kappa shape index (κ3) is 4.56. The Balaban J connectivity index is 2.97. The van der Waals surface area contributed by atoms with Gasteiger partial charge >= 0.3 is 0 Å². The molecule has 20 heavy (non-hydrogen) atoms. The molecule has 0 aromatic heterocycles. The number of hydrogen-bond donors (Lipinski definition) is 2. The maximum Gasteiger partial charge on any atom is 0.240 e. The van der Waals surface area contributed by atoms with Crippen LogP contribution in [0.1, 0.15) is 38.4 Å². The predicted octanol–water partition coefficient (Wildman–Crippen LogP) is 1.83. The van der Waals surface area contributed by atoms with Crippen LogP contribution in [0.25, 0.3) is 0 Å². The lowest BCUT2D eigenvalue weighted by Gasteiger charge is -2.17. The topological polar surface area (TPSA) is 75.6 Å². The van der Waals surface area contributed by atoms with Gasteiger partial charge in [0.2, 0.25) is 10.0 Å². The van der Waals surface area contributed by atoms with E-state index in [1.165, 1.54) is 19.2 Å². The fourth-order valence-corrected chi connectivity index (χ4v) is 3.21. The van der Waals surface area contributed by atoms with E-state index in [0.717, 1.165) is 0 Å². The number of sulfonamides is 1. The zero-order valence-electron chi connectivity index (χ0n) is 12.2. The van der Waals surface area contributed by atoms with Gasteiger partial charge in [0, 0.05) is 13.2 Å². The van der Waals surface area contributed by atoms with Crippen LogP contribution >= 0.6 is 0 Å². The van der Waals surface area contributed by atoms with Gasteiger partial charge in [-0.25, -0.2) is 13.1 Å². The lowest BCUT2D eigenvalue weighted by molar-refractivity contribution is 0.172. The predicted molar refractivity (Wildman–Crippen MR) is 78.0 cm³/mol. The molecular weight excluding hydrogens is 278 g/mol. The van der Waals surface area contributed by atoms with E-state index in [2.05, 4.69) is 4.72 Å². The highest BCUT2D eigenvalue weighted by molar-refractivity contribution is 7.89. The Morgan fingerprint density at radius 1 is 1.30 bits per heavy atom. The van der Waals surface area contributed by atoms with Crippen LogP contribution < -0.4 is 4.72 Å². The molecule has 2 atom stereocenters. The number of benzene rings is 1. The van der Waals surface area contributed by atoms with Gasteiger partial charge in [0.15, 0.2) is 0 Å². The summed E-state index contributed by atoms with van der Waals surface area (Å²) < 4.78 is 32.2. The van der Waals surface area contributed by atoms with Crippen LogP contribution in [0.2, 0.25) is 0 Å². The molecule has 1 rings (SSSR count). The summed E-state index contributed by atoms with van der Waals surface area (Å²) >= 11 is 0. The van der Waals surface area contributed by atoms with Gasteiger partial charge in [-0.1, -0.05) is 26.0 Å². The summed E-state index contributed by atoms with van der Waals surface area (Å²) in [4.78, 5) is 0.164. The first-order valence-electron chi connectivity index (χ1n) is 6.73. The van der Waals surface area contributed by atoms with Crippen molar-refractivity contribution in [3.63, 3.8) is 0 Å². The van der Waals surface area contributed by atoms with Crippen LogP contribution in [0.15, 0.2) is 29.2 Å². The standard InChI is InChI=1S/C14H23NO4S/c1-4-12(10-19-3)15-20(17,18)13-8-6-7-11(9-13)14(16)5-2/h6-9,12,14-16H,4-5,10H2,1-3H3. The van der Waals surface area contributed by atoms with Gasteiger partial charge in [-0.15, -0.1) is 0 Å². The van der Waals surface area contributed by atoms with E-state index in [-0.39, 0.29) is 10.9 Å². The fourth-order valence-electron chi connectivity index (χ4n) is 1.85. The molecule has 0 aliphatic carbocycles. The third-order valence-electron chi connectivity index (χ3n) is 3.12. The highest BCUT2D eigenvalue weighted by atomic mass is 32.2. The summed E-state index contributed by atoms with van der Waals surface area (Å²) in [6, 6.07) is 6.13. The number of aliphatic hydroxyl groups is 1. The summed E-state index contributed by atoms with van der Waals surface area (Å²) in [6.07, 6.45) is 0.536. The molecule has 5 nitrogen and oxygen atoms in total. The normalized spacial score (nSPS) is 15.0.